The number of nitrogens with one attached hydrogen (secondary N) is 2. The molecule has 0 aliphatic carbocycles. The van der Waals surface area contributed by atoms with Gasteiger partial charge in [-0.2, -0.15) is 0 Å². The molecule has 2 N–H and O–H groups in total. The highest BCUT2D eigenvalue weighted by Crippen LogP contribution is 2.32. The predicted molar refractivity (Wildman–Crippen MR) is 108 cm³/mol. The first-order valence-electron chi connectivity index (χ1n) is 7.74. The van der Waals surface area contributed by atoms with Gasteiger partial charge < -0.3 is 24.8 Å². The third kappa shape index (κ3) is 5.15. The van der Waals surface area contributed by atoms with Crippen LogP contribution >= 0.6 is 24.0 Å². The number of fused-ring (bicyclic) bond motifs is 1. The predicted octanol–water partition coefficient (Wildman–Crippen LogP) is 2.91. The molecule has 0 saturated heterocycles. The number of ether oxygens (including phenoxy) is 3. The molecule has 0 amide bonds. The van der Waals surface area contributed by atoms with Crippen molar-refractivity contribution in [1.82, 2.24) is 10.6 Å². The molecule has 0 radical (unpaired) electrons. The third-order valence-electron chi connectivity index (χ3n) is 3.74. The van der Waals surface area contributed by atoms with Gasteiger partial charge in [-0.1, -0.05) is 18.2 Å². The fourth-order valence-electron chi connectivity index (χ4n) is 2.39. The summed E-state index contributed by atoms with van der Waals surface area (Å²) >= 11 is 0. The van der Waals surface area contributed by atoms with Crippen molar-refractivity contribution in [2.75, 3.05) is 21.0 Å². The van der Waals surface area contributed by atoms with Gasteiger partial charge >= 0.3 is 0 Å². The Labute approximate surface area is 164 Å². The Hall–Kier alpha value is -2.16. The van der Waals surface area contributed by atoms with Gasteiger partial charge in [0.25, 0.3) is 0 Å². The van der Waals surface area contributed by atoms with Crippen molar-refractivity contribution in [1.29, 1.82) is 0 Å². The summed E-state index contributed by atoms with van der Waals surface area (Å²) < 4.78 is 15.9. The minimum atomic E-state index is 0. The van der Waals surface area contributed by atoms with Crippen molar-refractivity contribution in [2.45, 2.75) is 13.1 Å². The second kappa shape index (κ2) is 9.36. The van der Waals surface area contributed by atoms with E-state index in [9.17, 15) is 0 Å². The molecule has 0 fully saturated rings. The number of aliphatic imine (C=N–C) groups is 1. The van der Waals surface area contributed by atoms with Crippen LogP contribution in [0.25, 0.3) is 0 Å². The maximum atomic E-state index is 5.39. The van der Waals surface area contributed by atoms with E-state index in [1.54, 1.807) is 14.2 Å². The number of halogens is 1. The van der Waals surface area contributed by atoms with E-state index >= 15 is 0 Å². The highest BCUT2D eigenvalue weighted by Gasteiger charge is 2.13. The van der Waals surface area contributed by atoms with Crippen LogP contribution in [0.2, 0.25) is 0 Å². The first-order chi connectivity index (χ1) is 11.8. The molecular weight excluding hydrogens is 433 g/mol. The molecule has 7 heteroatoms. The molecule has 134 valence electrons. The second-order valence-electron chi connectivity index (χ2n) is 5.32. The van der Waals surface area contributed by atoms with Gasteiger partial charge in [0.2, 0.25) is 6.79 Å². The van der Waals surface area contributed by atoms with Crippen LogP contribution in [0.3, 0.4) is 0 Å². The Kier molecular flexibility index (Phi) is 7.17. The van der Waals surface area contributed by atoms with E-state index < -0.39 is 0 Å². The minimum absolute atomic E-state index is 0. The van der Waals surface area contributed by atoms with Crippen LogP contribution in [0.4, 0.5) is 0 Å². The molecular formula is C18H22IN3O3. The zero-order chi connectivity index (χ0) is 16.8. The number of hydrogen-bond acceptors (Lipinski definition) is 4. The van der Waals surface area contributed by atoms with Gasteiger partial charge in [-0.3, -0.25) is 4.99 Å². The molecule has 0 spiro atoms. The van der Waals surface area contributed by atoms with E-state index in [1.165, 1.54) is 0 Å². The number of rotatable bonds is 5. The van der Waals surface area contributed by atoms with Crippen LogP contribution in [0, 0.1) is 0 Å². The topological polar surface area (TPSA) is 64.1 Å². The number of guanidine groups is 1. The third-order valence-corrected chi connectivity index (χ3v) is 3.74. The lowest BCUT2D eigenvalue weighted by Gasteiger charge is -2.12. The summed E-state index contributed by atoms with van der Waals surface area (Å²) in [6.07, 6.45) is 0. The maximum Gasteiger partial charge on any atom is 0.231 e. The van der Waals surface area contributed by atoms with Gasteiger partial charge in [0.05, 0.1) is 7.11 Å². The maximum absolute atomic E-state index is 5.39. The molecule has 2 aromatic carbocycles. The summed E-state index contributed by atoms with van der Waals surface area (Å²) in [6, 6.07) is 13.9. The normalized spacial score (nSPS) is 12.3. The summed E-state index contributed by atoms with van der Waals surface area (Å²) in [5.41, 5.74) is 2.26. The van der Waals surface area contributed by atoms with Crippen LogP contribution in [0.5, 0.6) is 17.2 Å². The molecule has 0 aromatic heterocycles. The van der Waals surface area contributed by atoms with E-state index in [4.69, 9.17) is 14.2 Å². The van der Waals surface area contributed by atoms with E-state index in [0.717, 1.165) is 34.3 Å². The van der Waals surface area contributed by atoms with E-state index in [-0.39, 0.29) is 30.8 Å². The Morgan fingerprint density at radius 3 is 2.32 bits per heavy atom. The molecule has 0 bridgehead atoms. The second-order valence-corrected chi connectivity index (χ2v) is 5.32. The van der Waals surface area contributed by atoms with Gasteiger partial charge in [0, 0.05) is 20.1 Å². The van der Waals surface area contributed by atoms with Crippen LogP contribution < -0.4 is 24.8 Å². The first kappa shape index (κ1) is 19.2. The lowest BCUT2D eigenvalue weighted by molar-refractivity contribution is 0.174. The van der Waals surface area contributed by atoms with Crippen LogP contribution in [-0.4, -0.2) is 26.9 Å². The molecule has 0 unspecified atom stereocenters. The quantitative estimate of drug-likeness (QED) is 0.413. The summed E-state index contributed by atoms with van der Waals surface area (Å²) in [5.74, 6) is 3.17. The Morgan fingerprint density at radius 2 is 1.64 bits per heavy atom. The van der Waals surface area contributed by atoms with Crippen molar-refractivity contribution in [3.63, 3.8) is 0 Å². The Bertz CT molecular complexity index is 720. The molecule has 0 atom stereocenters. The van der Waals surface area contributed by atoms with Gasteiger partial charge in [-0.05, 0) is 35.4 Å². The largest absolute Gasteiger partial charge is 0.497 e. The number of hydrogen-bond donors (Lipinski definition) is 2. The van der Waals surface area contributed by atoms with Gasteiger partial charge in [0.1, 0.15) is 5.75 Å². The van der Waals surface area contributed by atoms with E-state index in [1.807, 2.05) is 42.5 Å². The lowest BCUT2D eigenvalue weighted by Crippen LogP contribution is -2.36. The fraction of sp³-hybridized carbons (Fsp3) is 0.278. The highest BCUT2D eigenvalue weighted by molar-refractivity contribution is 14.0. The van der Waals surface area contributed by atoms with Gasteiger partial charge in [-0.25, -0.2) is 0 Å². The molecule has 0 saturated carbocycles. The van der Waals surface area contributed by atoms with E-state index in [0.29, 0.717) is 13.1 Å². The molecule has 2 aromatic rings. The van der Waals surface area contributed by atoms with Crippen LogP contribution in [0.1, 0.15) is 11.1 Å². The van der Waals surface area contributed by atoms with Crippen molar-refractivity contribution in [3.05, 3.63) is 53.6 Å². The fourth-order valence-corrected chi connectivity index (χ4v) is 2.39. The monoisotopic (exact) mass is 455 g/mol. The van der Waals surface area contributed by atoms with Crippen molar-refractivity contribution in [2.24, 2.45) is 4.99 Å². The summed E-state index contributed by atoms with van der Waals surface area (Å²) in [7, 11) is 3.41. The van der Waals surface area contributed by atoms with Gasteiger partial charge in [-0.15, -0.1) is 24.0 Å². The Morgan fingerprint density at radius 1 is 1.00 bits per heavy atom. The highest BCUT2D eigenvalue weighted by atomic mass is 127. The molecule has 3 rings (SSSR count). The number of benzene rings is 2. The molecule has 6 nitrogen and oxygen atoms in total. The average Bonchev–Trinajstić information content (AvgIpc) is 3.10. The summed E-state index contributed by atoms with van der Waals surface area (Å²) in [6.45, 7) is 1.63. The van der Waals surface area contributed by atoms with Crippen LogP contribution in [-0.2, 0) is 13.1 Å². The lowest BCUT2D eigenvalue weighted by atomic mass is 10.2. The molecule has 25 heavy (non-hydrogen) atoms. The molecule has 1 aliphatic rings. The summed E-state index contributed by atoms with van der Waals surface area (Å²) in [5, 5.41) is 6.58. The van der Waals surface area contributed by atoms with Gasteiger partial charge in [0.15, 0.2) is 17.5 Å². The Balaban J connectivity index is 0.00000225. The van der Waals surface area contributed by atoms with E-state index in [2.05, 4.69) is 15.6 Å². The zero-order valence-electron chi connectivity index (χ0n) is 14.2. The van der Waals surface area contributed by atoms with Crippen molar-refractivity contribution < 1.29 is 14.2 Å². The number of nitrogens with zero attached hydrogens (tertiary/aromatic N) is 1. The van der Waals surface area contributed by atoms with Crippen molar-refractivity contribution >= 4 is 29.9 Å². The minimum Gasteiger partial charge on any atom is -0.497 e. The number of methoxy groups -OCH3 is 1. The van der Waals surface area contributed by atoms with Crippen molar-refractivity contribution in [3.8, 4) is 17.2 Å². The standard InChI is InChI=1S/C18H21N3O3.HI/c1-19-18(20-10-13-3-6-15(22-2)7-4-13)21-11-14-5-8-16-17(9-14)24-12-23-16;/h3-9H,10-12H2,1-2H3,(H2,19,20,21);1H. The molecule has 1 heterocycles. The first-order valence-corrected chi connectivity index (χ1v) is 7.74. The zero-order valence-corrected chi connectivity index (χ0v) is 16.6. The summed E-state index contributed by atoms with van der Waals surface area (Å²) in [4.78, 5) is 4.24. The smallest absolute Gasteiger partial charge is 0.231 e. The van der Waals surface area contributed by atoms with Crippen LogP contribution in [0.15, 0.2) is 47.5 Å². The molecule has 1 aliphatic heterocycles. The average molecular weight is 455 g/mol. The SMILES string of the molecule is CN=C(NCc1ccc(OC)cc1)NCc1ccc2c(c1)OCO2.I.